The second-order valence-electron chi connectivity index (χ2n) is 6.35. The van der Waals surface area contributed by atoms with Crippen molar-refractivity contribution in [1.29, 1.82) is 0 Å². The van der Waals surface area contributed by atoms with Gasteiger partial charge in [0.2, 0.25) is 0 Å². The summed E-state index contributed by atoms with van der Waals surface area (Å²) in [6.45, 7) is 0.338. The SMILES string of the molecule is Nc1cc(-c2ccc(NC(=O)OCCc3ccccc3)cc2)ccn1.O=C(O)C(F)(F)F. The van der Waals surface area contributed by atoms with Crippen LogP contribution in [0.4, 0.5) is 29.5 Å². The number of nitrogens with zero attached hydrogens (tertiary/aromatic N) is 1. The first kappa shape index (κ1) is 24.2. The number of carboxylic acid groups (broad SMARTS) is 1. The van der Waals surface area contributed by atoms with Crippen molar-refractivity contribution >= 4 is 23.6 Å². The molecular formula is C22H20F3N3O4. The summed E-state index contributed by atoms with van der Waals surface area (Å²) in [5.74, 6) is -2.28. The van der Waals surface area contributed by atoms with E-state index in [9.17, 15) is 18.0 Å². The van der Waals surface area contributed by atoms with Crippen LogP contribution in [0.15, 0.2) is 72.9 Å². The maximum atomic E-state index is 11.8. The van der Waals surface area contributed by atoms with E-state index in [2.05, 4.69) is 10.3 Å². The van der Waals surface area contributed by atoms with Crippen LogP contribution in [-0.2, 0) is 16.0 Å². The molecule has 10 heteroatoms. The van der Waals surface area contributed by atoms with Crippen LogP contribution in [0.2, 0.25) is 0 Å². The van der Waals surface area contributed by atoms with Crippen LogP contribution in [0, 0.1) is 0 Å². The zero-order chi connectivity index (χ0) is 23.6. The molecule has 0 aliphatic carbocycles. The number of ether oxygens (including phenoxy) is 1. The van der Waals surface area contributed by atoms with E-state index >= 15 is 0 Å². The molecule has 0 fully saturated rings. The van der Waals surface area contributed by atoms with Gasteiger partial charge in [0.25, 0.3) is 0 Å². The van der Waals surface area contributed by atoms with E-state index in [1.165, 1.54) is 0 Å². The third kappa shape index (κ3) is 8.34. The number of halogens is 3. The fourth-order valence-corrected chi connectivity index (χ4v) is 2.43. The van der Waals surface area contributed by atoms with E-state index in [1.807, 2.05) is 60.7 Å². The molecule has 0 bridgehead atoms. The van der Waals surface area contributed by atoms with Gasteiger partial charge in [-0.2, -0.15) is 13.2 Å². The van der Waals surface area contributed by atoms with Crippen molar-refractivity contribution in [1.82, 2.24) is 4.98 Å². The highest BCUT2D eigenvalue weighted by Crippen LogP contribution is 2.22. The van der Waals surface area contributed by atoms with Crippen LogP contribution >= 0.6 is 0 Å². The largest absolute Gasteiger partial charge is 0.490 e. The Kier molecular flexibility index (Phi) is 8.58. The first-order valence-electron chi connectivity index (χ1n) is 9.25. The smallest absolute Gasteiger partial charge is 0.475 e. The summed E-state index contributed by atoms with van der Waals surface area (Å²) >= 11 is 0. The second-order valence-corrected chi connectivity index (χ2v) is 6.35. The fourth-order valence-electron chi connectivity index (χ4n) is 2.43. The minimum absolute atomic E-state index is 0.338. The molecule has 1 aromatic heterocycles. The number of aromatic nitrogens is 1. The third-order valence-corrected chi connectivity index (χ3v) is 3.95. The van der Waals surface area contributed by atoms with Gasteiger partial charge >= 0.3 is 18.2 Å². The average molecular weight is 447 g/mol. The molecule has 0 saturated carbocycles. The number of nitrogens with two attached hydrogens (primary N) is 1. The number of hydrogen-bond donors (Lipinski definition) is 3. The summed E-state index contributed by atoms with van der Waals surface area (Å²) in [5.41, 5.74) is 9.48. The van der Waals surface area contributed by atoms with Crippen molar-refractivity contribution in [3.05, 3.63) is 78.5 Å². The Morgan fingerprint density at radius 3 is 2.19 bits per heavy atom. The van der Waals surface area contributed by atoms with Crippen LogP contribution in [0.25, 0.3) is 11.1 Å². The van der Waals surface area contributed by atoms with E-state index in [4.69, 9.17) is 20.4 Å². The Morgan fingerprint density at radius 1 is 1.00 bits per heavy atom. The average Bonchev–Trinajstić information content (AvgIpc) is 2.75. The van der Waals surface area contributed by atoms with Gasteiger partial charge in [-0.15, -0.1) is 0 Å². The molecule has 0 radical (unpaired) electrons. The number of alkyl halides is 3. The molecule has 168 valence electrons. The Labute approximate surface area is 181 Å². The number of amides is 1. The molecule has 32 heavy (non-hydrogen) atoms. The fraction of sp³-hybridized carbons (Fsp3) is 0.136. The summed E-state index contributed by atoms with van der Waals surface area (Å²) in [6.07, 6.45) is -3.19. The number of carboxylic acids is 1. The molecule has 2 aromatic carbocycles. The van der Waals surface area contributed by atoms with Gasteiger partial charge in [-0.1, -0.05) is 42.5 Å². The third-order valence-electron chi connectivity index (χ3n) is 3.95. The number of nitrogen functional groups attached to an aromatic ring is 1. The highest BCUT2D eigenvalue weighted by Gasteiger charge is 2.38. The molecule has 0 aliphatic heterocycles. The lowest BCUT2D eigenvalue weighted by molar-refractivity contribution is -0.192. The van der Waals surface area contributed by atoms with Gasteiger partial charge in [-0.3, -0.25) is 5.32 Å². The summed E-state index contributed by atoms with van der Waals surface area (Å²) < 4.78 is 36.9. The van der Waals surface area contributed by atoms with Crippen molar-refractivity contribution < 1.29 is 32.6 Å². The highest BCUT2D eigenvalue weighted by atomic mass is 19.4. The molecule has 0 spiro atoms. The highest BCUT2D eigenvalue weighted by molar-refractivity contribution is 5.85. The predicted octanol–water partition coefficient (Wildman–Crippen LogP) is 4.76. The number of benzene rings is 2. The van der Waals surface area contributed by atoms with Crippen molar-refractivity contribution in [3.63, 3.8) is 0 Å². The molecular weight excluding hydrogens is 427 g/mol. The van der Waals surface area contributed by atoms with Gasteiger partial charge in [0.1, 0.15) is 5.82 Å². The van der Waals surface area contributed by atoms with Crippen LogP contribution in [0.1, 0.15) is 5.56 Å². The second kappa shape index (κ2) is 11.3. The zero-order valence-corrected chi connectivity index (χ0v) is 16.7. The van der Waals surface area contributed by atoms with E-state index < -0.39 is 18.2 Å². The minimum Gasteiger partial charge on any atom is -0.475 e. The Balaban J connectivity index is 0.000000451. The van der Waals surface area contributed by atoms with E-state index in [1.54, 1.807) is 12.3 Å². The number of rotatable bonds is 5. The Bertz CT molecular complexity index is 1030. The van der Waals surface area contributed by atoms with Crippen LogP contribution < -0.4 is 11.1 Å². The summed E-state index contributed by atoms with van der Waals surface area (Å²) in [4.78, 5) is 24.7. The van der Waals surface area contributed by atoms with Crippen molar-refractivity contribution in [2.75, 3.05) is 17.7 Å². The molecule has 3 rings (SSSR count). The molecule has 0 saturated heterocycles. The number of anilines is 2. The first-order chi connectivity index (χ1) is 15.1. The lowest BCUT2D eigenvalue weighted by Gasteiger charge is -2.08. The monoisotopic (exact) mass is 447 g/mol. The zero-order valence-electron chi connectivity index (χ0n) is 16.7. The Hall–Kier alpha value is -4.08. The van der Waals surface area contributed by atoms with Gasteiger partial charge in [0.15, 0.2) is 0 Å². The number of aliphatic carboxylic acids is 1. The van der Waals surface area contributed by atoms with Crippen LogP contribution in [0.3, 0.4) is 0 Å². The van der Waals surface area contributed by atoms with Crippen molar-refractivity contribution in [2.45, 2.75) is 12.6 Å². The molecule has 4 N–H and O–H groups in total. The lowest BCUT2D eigenvalue weighted by atomic mass is 10.1. The quantitative estimate of drug-likeness (QED) is 0.520. The molecule has 7 nitrogen and oxygen atoms in total. The van der Waals surface area contributed by atoms with Crippen LogP contribution in [-0.4, -0.2) is 34.9 Å². The molecule has 0 atom stereocenters. The number of nitrogens with one attached hydrogen (secondary N) is 1. The minimum atomic E-state index is -5.08. The van der Waals surface area contributed by atoms with E-state index in [0.717, 1.165) is 16.7 Å². The van der Waals surface area contributed by atoms with Gasteiger partial charge in [-0.05, 0) is 41.0 Å². The van der Waals surface area contributed by atoms with Gasteiger partial charge < -0.3 is 15.6 Å². The number of carbonyl (C=O) groups is 2. The number of carbonyl (C=O) groups excluding carboxylic acids is 1. The van der Waals surface area contributed by atoms with E-state index in [-0.39, 0.29) is 0 Å². The molecule has 1 amide bonds. The standard InChI is InChI=1S/C20H19N3O2.C2HF3O2/c21-19-14-17(10-12-22-19)16-6-8-18(9-7-16)23-20(24)25-13-11-15-4-2-1-3-5-15;3-2(4,5)1(6)7/h1-10,12,14H,11,13H2,(H2,21,22)(H,23,24);(H,6,7). The van der Waals surface area contributed by atoms with Gasteiger partial charge in [0, 0.05) is 18.3 Å². The first-order valence-corrected chi connectivity index (χ1v) is 9.25. The summed E-state index contributed by atoms with van der Waals surface area (Å²) in [7, 11) is 0. The molecule has 3 aromatic rings. The van der Waals surface area contributed by atoms with Crippen molar-refractivity contribution in [2.24, 2.45) is 0 Å². The number of pyridine rings is 1. The molecule has 1 heterocycles. The summed E-state index contributed by atoms with van der Waals surface area (Å²) in [5, 5.41) is 9.85. The molecule has 0 unspecified atom stereocenters. The van der Waals surface area contributed by atoms with Crippen LogP contribution in [0.5, 0.6) is 0 Å². The van der Waals surface area contributed by atoms with E-state index in [0.29, 0.717) is 24.5 Å². The van der Waals surface area contributed by atoms with Gasteiger partial charge in [0.05, 0.1) is 6.61 Å². The maximum absolute atomic E-state index is 11.8. The normalized spacial score (nSPS) is 10.5. The summed E-state index contributed by atoms with van der Waals surface area (Å²) in [6, 6.07) is 21.1. The lowest BCUT2D eigenvalue weighted by Crippen LogP contribution is -2.21. The predicted molar refractivity (Wildman–Crippen MR) is 113 cm³/mol. The van der Waals surface area contributed by atoms with Crippen molar-refractivity contribution in [3.8, 4) is 11.1 Å². The Morgan fingerprint density at radius 2 is 1.62 bits per heavy atom. The molecule has 0 aliphatic rings. The maximum Gasteiger partial charge on any atom is 0.490 e. The topological polar surface area (TPSA) is 115 Å². The number of hydrogen-bond acceptors (Lipinski definition) is 5. The van der Waals surface area contributed by atoms with Gasteiger partial charge in [-0.25, -0.2) is 14.6 Å².